The Morgan fingerprint density at radius 2 is 1.57 bits per heavy atom. The number of anilines is 3. The Balaban J connectivity index is 1.16. The summed E-state index contributed by atoms with van der Waals surface area (Å²) in [6.07, 6.45) is 3.07. The van der Waals surface area contributed by atoms with Gasteiger partial charge in [-0.05, 0) is 72.6 Å². The van der Waals surface area contributed by atoms with E-state index in [1.807, 2.05) is 54.7 Å². The number of piperazine rings is 1. The molecule has 0 bridgehead atoms. The van der Waals surface area contributed by atoms with Gasteiger partial charge in [0.25, 0.3) is 11.7 Å². The highest BCUT2D eigenvalue weighted by Crippen LogP contribution is 2.29. The second-order valence-electron chi connectivity index (χ2n) is 9.91. The van der Waals surface area contributed by atoms with Gasteiger partial charge in [-0.1, -0.05) is 30.3 Å². The Labute approximate surface area is 231 Å². The first-order valence-electron chi connectivity index (χ1n) is 13.2. The highest BCUT2D eigenvalue weighted by Gasteiger charge is 2.25. The van der Waals surface area contributed by atoms with E-state index in [0.29, 0.717) is 16.8 Å². The van der Waals surface area contributed by atoms with Crippen LogP contribution in [-0.2, 0) is 4.79 Å². The summed E-state index contributed by atoms with van der Waals surface area (Å²) in [4.78, 5) is 35.6. The number of benzene rings is 2. The number of halogens is 1. The molecule has 3 aromatic heterocycles. The molecule has 1 amide bonds. The first kappa shape index (κ1) is 25.3. The molecule has 1 aliphatic heterocycles. The van der Waals surface area contributed by atoms with Gasteiger partial charge in [0.2, 0.25) is 0 Å². The SMILES string of the molecule is Cc1ccnc(N2CCN(c3ccc(NC(=O)C(=O)c4c(-c5ccccc5)cc5ccc(F)cn45)cc3)CC2)c1. The third kappa shape index (κ3) is 5.03. The van der Waals surface area contributed by atoms with E-state index >= 15 is 0 Å². The molecule has 0 spiro atoms. The Morgan fingerprint density at radius 3 is 2.30 bits per heavy atom. The van der Waals surface area contributed by atoms with Crippen molar-refractivity contribution < 1.29 is 14.0 Å². The highest BCUT2D eigenvalue weighted by molar-refractivity contribution is 6.47. The van der Waals surface area contributed by atoms with Crippen LogP contribution in [0.25, 0.3) is 16.6 Å². The predicted octanol–water partition coefficient (Wildman–Crippen LogP) is 5.60. The summed E-state index contributed by atoms with van der Waals surface area (Å²) in [7, 11) is 0. The van der Waals surface area contributed by atoms with Crippen molar-refractivity contribution in [2.24, 2.45) is 0 Å². The van der Waals surface area contributed by atoms with Gasteiger partial charge >= 0.3 is 0 Å². The van der Waals surface area contributed by atoms with E-state index in [-0.39, 0.29) is 5.69 Å². The summed E-state index contributed by atoms with van der Waals surface area (Å²) in [5.41, 5.74) is 4.83. The van der Waals surface area contributed by atoms with Gasteiger partial charge in [0.1, 0.15) is 17.3 Å². The molecular formula is C32H28FN5O2. The number of hydrogen-bond acceptors (Lipinski definition) is 5. The molecule has 1 fully saturated rings. The molecule has 0 radical (unpaired) electrons. The molecule has 0 atom stereocenters. The minimum absolute atomic E-state index is 0.121. The standard InChI is InChI=1S/C32H28FN5O2/c1-22-13-14-34-29(19-22)37-17-15-36(16-18-37)26-11-8-25(9-12-26)35-32(40)31(39)30-28(23-5-3-2-4-6-23)20-27-10-7-24(33)21-38(27)30/h2-14,19-21H,15-18H2,1H3,(H,35,40). The van der Waals surface area contributed by atoms with Gasteiger partial charge in [0.15, 0.2) is 0 Å². The normalized spacial score (nSPS) is 13.4. The molecule has 0 saturated carbocycles. The fourth-order valence-electron chi connectivity index (χ4n) is 5.15. The third-order valence-corrected chi connectivity index (χ3v) is 7.23. The number of amides is 1. The van der Waals surface area contributed by atoms with Crippen LogP contribution < -0.4 is 15.1 Å². The van der Waals surface area contributed by atoms with Crippen LogP contribution in [-0.4, -0.2) is 47.3 Å². The van der Waals surface area contributed by atoms with Crippen LogP contribution >= 0.6 is 0 Å². The van der Waals surface area contributed by atoms with Gasteiger partial charge in [-0.25, -0.2) is 9.37 Å². The van der Waals surface area contributed by atoms with Crippen molar-refractivity contribution in [1.82, 2.24) is 9.38 Å². The van der Waals surface area contributed by atoms with Gasteiger partial charge in [-0.15, -0.1) is 0 Å². The topological polar surface area (TPSA) is 70.0 Å². The first-order chi connectivity index (χ1) is 19.5. The third-order valence-electron chi connectivity index (χ3n) is 7.23. The highest BCUT2D eigenvalue weighted by atomic mass is 19.1. The second-order valence-corrected chi connectivity index (χ2v) is 9.91. The lowest BCUT2D eigenvalue weighted by Gasteiger charge is -2.36. The zero-order valence-corrected chi connectivity index (χ0v) is 22.0. The van der Waals surface area contributed by atoms with E-state index in [4.69, 9.17) is 0 Å². The fourth-order valence-corrected chi connectivity index (χ4v) is 5.15. The number of aromatic nitrogens is 2. The molecule has 1 saturated heterocycles. The predicted molar refractivity (Wildman–Crippen MR) is 156 cm³/mol. The summed E-state index contributed by atoms with van der Waals surface area (Å²) in [5.74, 6) is -1.03. The van der Waals surface area contributed by atoms with Crippen LogP contribution in [0.4, 0.5) is 21.6 Å². The van der Waals surface area contributed by atoms with Crippen LogP contribution in [0, 0.1) is 12.7 Å². The van der Waals surface area contributed by atoms with Crippen LogP contribution in [0.15, 0.2) is 97.3 Å². The summed E-state index contributed by atoms with van der Waals surface area (Å²) in [5, 5.41) is 2.72. The van der Waals surface area contributed by atoms with E-state index in [9.17, 15) is 14.0 Å². The van der Waals surface area contributed by atoms with Crippen LogP contribution in [0.3, 0.4) is 0 Å². The van der Waals surface area contributed by atoms with E-state index < -0.39 is 17.5 Å². The average molecular weight is 534 g/mol. The Hall–Kier alpha value is -4.98. The van der Waals surface area contributed by atoms with Gasteiger partial charge in [-0.3, -0.25) is 9.59 Å². The zero-order chi connectivity index (χ0) is 27.6. The number of carbonyl (C=O) groups is 2. The molecule has 200 valence electrons. The number of hydrogen-bond donors (Lipinski definition) is 1. The molecule has 2 aromatic carbocycles. The number of Topliss-reactive ketones (excluding diaryl/α,β-unsaturated/α-hetero) is 1. The molecule has 8 heteroatoms. The average Bonchev–Trinajstić information content (AvgIpc) is 3.36. The van der Waals surface area contributed by atoms with E-state index in [1.54, 1.807) is 24.3 Å². The monoisotopic (exact) mass is 533 g/mol. The maximum atomic E-state index is 14.1. The molecule has 5 aromatic rings. The lowest BCUT2D eigenvalue weighted by molar-refractivity contribution is -0.112. The first-order valence-corrected chi connectivity index (χ1v) is 13.2. The van der Waals surface area contributed by atoms with Gasteiger partial charge < -0.3 is 19.5 Å². The lowest BCUT2D eigenvalue weighted by Crippen LogP contribution is -2.46. The van der Waals surface area contributed by atoms with Crippen LogP contribution in [0.5, 0.6) is 0 Å². The largest absolute Gasteiger partial charge is 0.368 e. The van der Waals surface area contributed by atoms with E-state index in [1.165, 1.54) is 22.2 Å². The number of rotatable bonds is 6. The summed E-state index contributed by atoms with van der Waals surface area (Å²) < 4.78 is 15.6. The van der Waals surface area contributed by atoms with Crippen LogP contribution in [0.2, 0.25) is 0 Å². The molecule has 40 heavy (non-hydrogen) atoms. The Bertz CT molecular complexity index is 1690. The number of aryl methyl sites for hydroxylation is 1. The minimum atomic E-state index is -0.784. The molecule has 7 nitrogen and oxygen atoms in total. The Morgan fingerprint density at radius 1 is 0.850 bits per heavy atom. The molecule has 1 N–H and O–H groups in total. The van der Waals surface area contributed by atoms with Crippen LogP contribution in [0.1, 0.15) is 16.1 Å². The molecule has 6 rings (SSSR count). The maximum Gasteiger partial charge on any atom is 0.298 e. The number of ketones is 1. The van der Waals surface area contributed by atoms with Gasteiger partial charge in [0, 0.05) is 61.0 Å². The van der Waals surface area contributed by atoms with Gasteiger partial charge in [0.05, 0.1) is 0 Å². The number of nitrogens with one attached hydrogen (secondary N) is 1. The molecule has 0 unspecified atom stereocenters. The summed E-state index contributed by atoms with van der Waals surface area (Å²) in [6.45, 7) is 5.48. The van der Waals surface area contributed by atoms with Crippen molar-refractivity contribution in [3.8, 4) is 11.1 Å². The molecule has 4 heterocycles. The number of nitrogens with zero attached hydrogens (tertiary/aromatic N) is 4. The van der Waals surface area contributed by atoms with Crippen molar-refractivity contribution in [3.05, 3.63) is 114 Å². The quantitative estimate of drug-likeness (QED) is 0.227. The number of carbonyl (C=O) groups excluding carboxylic acids is 2. The van der Waals surface area contributed by atoms with E-state index in [0.717, 1.165) is 43.2 Å². The molecular weight excluding hydrogens is 505 g/mol. The van der Waals surface area contributed by atoms with E-state index in [2.05, 4.69) is 33.1 Å². The smallest absolute Gasteiger partial charge is 0.298 e. The molecule has 0 aliphatic carbocycles. The number of pyridine rings is 2. The zero-order valence-electron chi connectivity index (χ0n) is 22.0. The Kier molecular flexibility index (Phi) is 6.74. The van der Waals surface area contributed by atoms with Crippen molar-refractivity contribution in [2.75, 3.05) is 41.3 Å². The van der Waals surface area contributed by atoms with Crippen molar-refractivity contribution in [1.29, 1.82) is 0 Å². The molecule has 1 aliphatic rings. The van der Waals surface area contributed by atoms with Crippen molar-refractivity contribution in [3.63, 3.8) is 0 Å². The second kappa shape index (κ2) is 10.6. The van der Waals surface area contributed by atoms with Crippen molar-refractivity contribution in [2.45, 2.75) is 6.92 Å². The van der Waals surface area contributed by atoms with Crippen molar-refractivity contribution >= 4 is 34.4 Å². The maximum absolute atomic E-state index is 14.1. The van der Waals surface area contributed by atoms with Gasteiger partial charge in [-0.2, -0.15) is 0 Å². The summed E-state index contributed by atoms with van der Waals surface area (Å²) in [6, 6.07) is 25.6. The summed E-state index contributed by atoms with van der Waals surface area (Å²) >= 11 is 0. The fraction of sp³-hybridized carbons (Fsp3) is 0.156. The minimum Gasteiger partial charge on any atom is -0.368 e. The lowest BCUT2D eigenvalue weighted by atomic mass is 10.0. The number of fused-ring (bicyclic) bond motifs is 1.